The molecule has 2 amide bonds. The minimum absolute atomic E-state index is 0.0214. The molecule has 1 unspecified atom stereocenters. The maximum Gasteiger partial charge on any atom is 0.255 e. The second-order valence-corrected chi connectivity index (χ2v) is 10.5. The van der Waals surface area contributed by atoms with Crippen LogP contribution in [0.3, 0.4) is 0 Å². The summed E-state index contributed by atoms with van der Waals surface area (Å²) < 4.78 is 26.1. The lowest BCUT2D eigenvalue weighted by Crippen LogP contribution is -2.34. The normalized spacial score (nSPS) is 12.1. The van der Waals surface area contributed by atoms with E-state index in [2.05, 4.69) is 10.6 Å². The summed E-state index contributed by atoms with van der Waals surface area (Å²) in [5.41, 5.74) is 2.22. The van der Waals surface area contributed by atoms with Crippen LogP contribution in [0.25, 0.3) is 0 Å². The molecule has 0 heterocycles. The summed E-state index contributed by atoms with van der Waals surface area (Å²) in [6, 6.07) is 15.7. The van der Waals surface area contributed by atoms with Crippen molar-refractivity contribution in [2.24, 2.45) is 0 Å². The van der Waals surface area contributed by atoms with Crippen LogP contribution in [0.1, 0.15) is 34.8 Å². The minimum Gasteiger partial charge on any atom is -0.506 e. The quantitative estimate of drug-likeness (QED) is 0.390. The SMILES string of the molecule is CCC(C(=O)Nc1cc(O)c(NC(=O)c2ccc(C)cc2)cc1Cl)S(=O)(=O)c1cccc(C)c1. The van der Waals surface area contributed by atoms with Crippen molar-refractivity contribution in [3.8, 4) is 5.75 Å². The highest BCUT2D eigenvalue weighted by Gasteiger charge is 2.33. The molecular formula is C25H25ClN2O5S. The van der Waals surface area contributed by atoms with Crippen LogP contribution in [-0.4, -0.2) is 30.6 Å². The fraction of sp³-hybridized carbons (Fsp3) is 0.200. The zero-order valence-electron chi connectivity index (χ0n) is 18.9. The summed E-state index contributed by atoms with van der Waals surface area (Å²) in [5, 5.41) is 14.1. The van der Waals surface area contributed by atoms with Crippen LogP contribution < -0.4 is 10.6 Å². The van der Waals surface area contributed by atoms with Gasteiger partial charge in [0.05, 0.1) is 21.3 Å². The number of halogens is 1. The molecule has 34 heavy (non-hydrogen) atoms. The molecule has 3 aromatic rings. The summed E-state index contributed by atoms with van der Waals surface area (Å²) in [6.07, 6.45) is 0.0381. The van der Waals surface area contributed by atoms with Gasteiger partial charge in [-0.3, -0.25) is 9.59 Å². The predicted molar refractivity (Wildman–Crippen MR) is 133 cm³/mol. The Balaban J connectivity index is 1.81. The van der Waals surface area contributed by atoms with Crippen LogP contribution in [0.2, 0.25) is 5.02 Å². The summed E-state index contributed by atoms with van der Waals surface area (Å²) in [7, 11) is -3.95. The van der Waals surface area contributed by atoms with E-state index < -0.39 is 26.9 Å². The second-order valence-electron chi connectivity index (χ2n) is 7.92. The number of rotatable bonds is 7. The van der Waals surface area contributed by atoms with Gasteiger partial charge in [-0.25, -0.2) is 8.42 Å². The van der Waals surface area contributed by atoms with Gasteiger partial charge in [-0.05, 0) is 56.2 Å². The molecule has 0 aliphatic rings. The molecule has 0 saturated carbocycles. The number of aromatic hydroxyl groups is 1. The van der Waals surface area contributed by atoms with Crippen LogP contribution >= 0.6 is 11.6 Å². The average molecular weight is 501 g/mol. The van der Waals surface area contributed by atoms with Gasteiger partial charge in [-0.2, -0.15) is 0 Å². The van der Waals surface area contributed by atoms with Crippen molar-refractivity contribution in [1.82, 2.24) is 0 Å². The van der Waals surface area contributed by atoms with Gasteiger partial charge in [0.2, 0.25) is 5.91 Å². The fourth-order valence-corrected chi connectivity index (χ4v) is 5.31. The van der Waals surface area contributed by atoms with Crippen molar-refractivity contribution < 1.29 is 23.1 Å². The van der Waals surface area contributed by atoms with E-state index >= 15 is 0 Å². The highest BCUT2D eigenvalue weighted by Crippen LogP contribution is 2.34. The summed E-state index contributed by atoms with van der Waals surface area (Å²) in [4.78, 5) is 25.4. The number of nitrogens with one attached hydrogen (secondary N) is 2. The maximum atomic E-state index is 13.0. The van der Waals surface area contributed by atoms with E-state index in [4.69, 9.17) is 11.6 Å². The van der Waals surface area contributed by atoms with Crippen molar-refractivity contribution in [2.75, 3.05) is 10.6 Å². The van der Waals surface area contributed by atoms with Crippen LogP contribution in [0, 0.1) is 13.8 Å². The van der Waals surface area contributed by atoms with Gasteiger partial charge in [0, 0.05) is 11.6 Å². The Morgan fingerprint density at radius 2 is 1.62 bits per heavy atom. The Labute approximate surface area is 203 Å². The van der Waals surface area contributed by atoms with E-state index in [0.29, 0.717) is 5.56 Å². The van der Waals surface area contributed by atoms with Gasteiger partial charge in [-0.1, -0.05) is 48.4 Å². The molecule has 0 bridgehead atoms. The molecule has 178 valence electrons. The van der Waals surface area contributed by atoms with Gasteiger partial charge in [0.25, 0.3) is 5.91 Å². The second kappa shape index (κ2) is 10.3. The topological polar surface area (TPSA) is 113 Å². The molecule has 0 spiro atoms. The molecule has 0 aromatic heterocycles. The number of carbonyl (C=O) groups excluding carboxylic acids is 2. The first-order valence-corrected chi connectivity index (χ1v) is 12.5. The molecule has 3 aromatic carbocycles. The molecular weight excluding hydrogens is 476 g/mol. The third kappa shape index (κ3) is 5.58. The molecule has 0 aliphatic carbocycles. The lowest BCUT2D eigenvalue weighted by atomic mass is 10.1. The lowest BCUT2D eigenvalue weighted by Gasteiger charge is -2.18. The molecule has 0 fully saturated rings. The van der Waals surface area contributed by atoms with Crippen molar-refractivity contribution >= 4 is 44.6 Å². The minimum atomic E-state index is -3.95. The Bertz CT molecular complexity index is 1340. The summed E-state index contributed by atoms with van der Waals surface area (Å²) in [6.45, 7) is 5.26. The first kappa shape index (κ1) is 25.3. The first-order chi connectivity index (χ1) is 16.0. The highest BCUT2D eigenvalue weighted by molar-refractivity contribution is 7.92. The smallest absolute Gasteiger partial charge is 0.255 e. The molecule has 0 saturated heterocycles. The first-order valence-electron chi connectivity index (χ1n) is 10.5. The Hall–Kier alpha value is -3.36. The fourth-order valence-electron chi connectivity index (χ4n) is 3.37. The van der Waals surface area contributed by atoms with E-state index in [1.54, 1.807) is 50.2 Å². The molecule has 0 aliphatic heterocycles. The van der Waals surface area contributed by atoms with Gasteiger partial charge in [-0.15, -0.1) is 0 Å². The van der Waals surface area contributed by atoms with E-state index in [-0.39, 0.29) is 33.5 Å². The zero-order chi connectivity index (χ0) is 25.0. The Kier molecular flexibility index (Phi) is 7.64. The Morgan fingerprint density at radius 1 is 0.941 bits per heavy atom. The summed E-state index contributed by atoms with van der Waals surface area (Å²) >= 11 is 6.27. The van der Waals surface area contributed by atoms with Gasteiger partial charge >= 0.3 is 0 Å². The van der Waals surface area contributed by atoms with E-state index in [1.807, 2.05) is 6.92 Å². The number of carbonyl (C=O) groups is 2. The third-order valence-corrected chi connectivity index (χ3v) is 7.78. The molecule has 0 radical (unpaired) electrons. The maximum absolute atomic E-state index is 13.0. The molecule has 7 nitrogen and oxygen atoms in total. The number of benzene rings is 3. The molecule has 3 N–H and O–H groups in total. The van der Waals surface area contributed by atoms with Crippen molar-refractivity contribution in [3.05, 3.63) is 82.4 Å². The summed E-state index contributed by atoms with van der Waals surface area (Å²) in [5.74, 6) is -1.56. The number of hydrogen-bond donors (Lipinski definition) is 3. The average Bonchev–Trinajstić information content (AvgIpc) is 2.78. The number of aryl methyl sites for hydroxylation is 2. The van der Waals surface area contributed by atoms with Crippen LogP contribution in [0.5, 0.6) is 5.75 Å². The largest absolute Gasteiger partial charge is 0.506 e. The highest BCUT2D eigenvalue weighted by atomic mass is 35.5. The number of amides is 2. The zero-order valence-corrected chi connectivity index (χ0v) is 20.5. The lowest BCUT2D eigenvalue weighted by molar-refractivity contribution is -0.115. The van der Waals surface area contributed by atoms with Gasteiger partial charge in [0.1, 0.15) is 11.0 Å². The number of hydrogen-bond acceptors (Lipinski definition) is 5. The number of sulfone groups is 1. The van der Waals surface area contributed by atoms with E-state index in [0.717, 1.165) is 17.2 Å². The molecule has 1 atom stereocenters. The monoisotopic (exact) mass is 500 g/mol. The predicted octanol–water partition coefficient (Wildman–Crippen LogP) is 5.11. The Morgan fingerprint density at radius 3 is 2.24 bits per heavy atom. The molecule has 9 heteroatoms. The van der Waals surface area contributed by atoms with Gasteiger partial charge in [0.15, 0.2) is 9.84 Å². The van der Waals surface area contributed by atoms with Crippen molar-refractivity contribution in [3.63, 3.8) is 0 Å². The number of anilines is 2. The van der Waals surface area contributed by atoms with Crippen LogP contribution in [0.4, 0.5) is 11.4 Å². The van der Waals surface area contributed by atoms with Gasteiger partial charge < -0.3 is 15.7 Å². The van der Waals surface area contributed by atoms with Crippen molar-refractivity contribution in [2.45, 2.75) is 37.3 Å². The number of phenols is 1. The van der Waals surface area contributed by atoms with E-state index in [1.165, 1.54) is 18.2 Å². The third-order valence-electron chi connectivity index (χ3n) is 5.26. The molecule has 3 rings (SSSR count). The number of phenolic OH excluding ortho intramolecular Hbond substituents is 1. The van der Waals surface area contributed by atoms with Crippen LogP contribution in [-0.2, 0) is 14.6 Å². The van der Waals surface area contributed by atoms with Crippen molar-refractivity contribution in [1.29, 1.82) is 0 Å². The van der Waals surface area contributed by atoms with Crippen LogP contribution in [0.15, 0.2) is 65.6 Å². The van der Waals surface area contributed by atoms with E-state index in [9.17, 15) is 23.1 Å². The standard InChI is InChI=1S/C25H25ClN2O5S/c1-4-23(34(32,33)18-7-5-6-16(3)12-18)25(31)27-20-14-22(29)21(13-19(20)26)28-24(30)17-10-8-15(2)9-11-17/h5-14,23,29H,4H2,1-3H3,(H,27,31)(H,28,30).